The number of unbranched alkanes of at least 4 members (excludes halogenated alkanes) is 43. The Hall–Kier alpha value is -2.18. The summed E-state index contributed by atoms with van der Waals surface area (Å²) in [6.45, 7) is 4.93. The van der Waals surface area contributed by atoms with Gasteiger partial charge in [0.05, 0.1) is 25.4 Å². The van der Waals surface area contributed by atoms with Crippen LogP contribution in [0.15, 0.2) is 48.6 Å². The number of hydrogen-bond donors (Lipinski definition) is 3. The second kappa shape index (κ2) is 64.3. The van der Waals surface area contributed by atoms with Crippen LogP contribution in [0, 0.1) is 0 Å². The molecule has 0 aromatic carbocycles. The smallest absolute Gasteiger partial charge is 0.305 e. The fraction of sp³-hybridized carbons (Fsp3) is 0.855. The number of carbonyl (C=O) groups excluding carboxylic acids is 2. The molecule has 75 heavy (non-hydrogen) atoms. The van der Waals surface area contributed by atoms with Crippen molar-refractivity contribution in [1.82, 2.24) is 5.32 Å². The molecule has 0 aromatic rings. The predicted octanol–water partition coefficient (Wildman–Crippen LogP) is 21.3. The highest BCUT2D eigenvalue weighted by atomic mass is 16.5. The molecule has 0 saturated heterocycles. The van der Waals surface area contributed by atoms with Crippen LogP contribution in [0.25, 0.3) is 0 Å². The second-order valence-electron chi connectivity index (χ2n) is 22.8. The van der Waals surface area contributed by atoms with Gasteiger partial charge in [-0.3, -0.25) is 9.59 Å². The van der Waals surface area contributed by atoms with Gasteiger partial charge in [-0.15, -0.1) is 0 Å². The lowest BCUT2D eigenvalue weighted by Gasteiger charge is -2.22. The summed E-state index contributed by atoms with van der Waals surface area (Å²) in [5.74, 6) is -0.0319. The van der Waals surface area contributed by atoms with Crippen LogP contribution in [0.1, 0.15) is 354 Å². The van der Waals surface area contributed by atoms with Gasteiger partial charge in [0.2, 0.25) is 5.91 Å². The number of aliphatic hydroxyl groups is 2. The van der Waals surface area contributed by atoms with E-state index in [9.17, 15) is 19.8 Å². The molecule has 0 fully saturated rings. The van der Waals surface area contributed by atoms with E-state index in [0.717, 1.165) is 57.8 Å². The zero-order chi connectivity index (χ0) is 54.3. The molecule has 0 saturated carbocycles. The second-order valence-corrected chi connectivity index (χ2v) is 22.8. The summed E-state index contributed by atoms with van der Waals surface area (Å²) in [7, 11) is 0. The number of carbonyl (C=O) groups is 2. The monoisotopic (exact) mass is 1050 g/mol. The molecule has 3 N–H and O–H groups in total. The van der Waals surface area contributed by atoms with E-state index in [4.69, 9.17) is 4.74 Å². The number of allylic oxidation sites excluding steroid dienone is 8. The third kappa shape index (κ3) is 60.9. The minimum absolute atomic E-state index is 0.00456. The van der Waals surface area contributed by atoms with Gasteiger partial charge in [-0.1, -0.05) is 300 Å². The summed E-state index contributed by atoms with van der Waals surface area (Å²) < 4.78 is 5.49. The number of ether oxygens (including phenoxy) is 1. The van der Waals surface area contributed by atoms with E-state index < -0.39 is 12.1 Å². The molecule has 0 aliphatic heterocycles. The summed E-state index contributed by atoms with van der Waals surface area (Å²) in [6, 6.07) is -0.541. The van der Waals surface area contributed by atoms with Crippen LogP contribution in [0.3, 0.4) is 0 Å². The molecule has 0 aromatic heterocycles. The Morgan fingerprint density at radius 1 is 0.373 bits per heavy atom. The first-order valence-electron chi connectivity index (χ1n) is 33.4. The lowest BCUT2D eigenvalue weighted by atomic mass is 10.0. The Labute approximate surface area is 467 Å². The molecule has 6 heteroatoms. The Kier molecular flexibility index (Phi) is 62.5. The van der Waals surface area contributed by atoms with E-state index in [2.05, 4.69) is 67.8 Å². The van der Waals surface area contributed by atoms with Crippen LogP contribution >= 0.6 is 0 Å². The van der Waals surface area contributed by atoms with Crippen molar-refractivity contribution in [3.8, 4) is 0 Å². The van der Waals surface area contributed by atoms with Crippen LogP contribution in [0.5, 0.6) is 0 Å². The fourth-order valence-corrected chi connectivity index (χ4v) is 10.2. The first-order valence-corrected chi connectivity index (χ1v) is 33.4. The number of nitrogens with one attached hydrogen (secondary N) is 1. The Morgan fingerprint density at radius 2 is 0.667 bits per heavy atom. The quantitative estimate of drug-likeness (QED) is 0.0320. The van der Waals surface area contributed by atoms with Crippen LogP contribution < -0.4 is 5.32 Å². The lowest BCUT2D eigenvalue weighted by Crippen LogP contribution is -2.45. The average Bonchev–Trinajstić information content (AvgIpc) is 3.41. The molecule has 6 nitrogen and oxygen atoms in total. The highest BCUT2D eigenvalue weighted by molar-refractivity contribution is 5.76. The summed E-state index contributed by atoms with van der Waals surface area (Å²) in [5, 5.41) is 23.2. The predicted molar refractivity (Wildman–Crippen MR) is 329 cm³/mol. The zero-order valence-corrected chi connectivity index (χ0v) is 50.3. The van der Waals surface area contributed by atoms with Crippen molar-refractivity contribution in [2.45, 2.75) is 366 Å². The number of esters is 1. The summed E-state index contributed by atoms with van der Waals surface area (Å²) in [5.41, 5.74) is 0. The number of hydrogen-bond acceptors (Lipinski definition) is 5. The molecule has 0 spiro atoms. The van der Waals surface area contributed by atoms with Gasteiger partial charge in [0.15, 0.2) is 0 Å². The van der Waals surface area contributed by atoms with Gasteiger partial charge in [-0.2, -0.15) is 0 Å². The van der Waals surface area contributed by atoms with E-state index >= 15 is 0 Å². The van der Waals surface area contributed by atoms with Crippen molar-refractivity contribution >= 4 is 11.9 Å². The number of aliphatic hydroxyl groups excluding tert-OH is 2. The van der Waals surface area contributed by atoms with Crippen molar-refractivity contribution in [1.29, 1.82) is 0 Å². The van der Waals surface area contributed by atoms with Gasteiger partial charge in [0.1, 0.15) is 0 Å². The lowest BCUT2D eigenvalue weighted by molar-refractivity contribution is -0.143. The van der Waals surface area contributed by atoms with E-state index in [0.29, 0.717) is 25.9 Å². The van der Waals surface area contributed by atoms with E-state index in [1.54, 1.807) is 0 Å². The molecule has 0 radical (unpaired) electrons. The Balaban J connectivity index is 3.39. The standard InChI is InChI=1S/C69H129NO5/c1-3-5-7-9-11-13-15-16-17-18-33-36-39-43-47-51-55-59-63-69(74)75-64-60-56-52-48-44-40-37-34-31-29-27-25-23-21-19-20-22-24-26-28-30-32-35-38-42-46-50-54-58-62-68(73)70-66(65-71)67(72)61-57-53-49-45-41-14-12-10-8-6-4-2/h13,15,17-19,21,25,27,66-67,71-72H,3-12,14,16,20,22-24,26,28-65H2,1-2H3,(H,70,73)/b15-13-,18-17-,21-19-,27-25-. The highest BCUT2D eigenvalue weighted by Gasteiger charge is 2.20. The Bertz CT molecular complexity index is 1260. The van der Waals surface area contributed by atoms with Crippen molar-refractivity contribution in [2.24, 2.45) is 0 Å². The maximum Gasteiger partial charge on any atom is 0.305 e. The first-order chi connectivity index (χ1) is 37.0. The van der Waals surface area contributed by atoms with Gasteiger partial charge < -0.3 is 20.3 Å². The molecular weight excluding hydrogens is 923 g/mol. The summed E-state index contributed by atoms with van der Waals surface area (Å²) in [6.07, 6.45) is 82.9. The van der Waals surface area contributed by atoms with Crippen molar-refractivity contribution in [2.75, 3.05) is 13.2 Å². The van der Waals surface area contributed by atoms with Crippen LogP contribution in [0.2, 0.25) is 0 Å². The van der Waals surface area contributed by atoms with Gasteiger partial charge in [0, 0.05) is 12.8 Å². The molecular formula is C69H129NO5. The third-order valence-corrected chi connectivity index (χ3v) is 15.4. The molecule has 0 rings (SSSR count). The molecule has 0 bridgehead atoms. The highest BCUT2D eigenvalue weighted by Crippen LogP contribution is 2.17. The summed E-state index contributed by atoms with van der Waals surface area (Å²) >= 11 is 0. The maximum atomic E-state index is 12.5. The maximum absolute atomic E-state index is 12.5. The molecule has 2 atom stereocenters. The minimum Gasteiger partial charge on any atom is -0.466 e. The first kappa shape index (κ1) is 72.8. The Morgan fingerprint density at radius 3 is 1.03 bits per heavy atom. The molecule has 0 aliphatic carbocycles. The van der Waals surface area contributed by atoms with Crippen LogP contribution in [-0.4, -0.2) is 47.4 Å². The zero-order valence-electron chi connectivity index (χ0n) is 50.3. The number of rotatable bonds is 62. The van der Waals surface area contributed by atoms with Crippen molar-refractivity contribution in [3.63, 3.8) is 0 Å². The fourth-order valence-electron chi connectivity index (χ4n) is 10.2. The minimum atomic E-state index is -0.664. The van der Waals surface area contributed by atoms with Crippen molar-refractivity contribution in [3.05, 3.63) is 48.6 Å². The van der Waals surface area contributed by atoms with Crippen LogP contribution in [-0.2, 0) is 14.3 Å². The molecule has 0 heterocycles. The van der Waals surface area contributed by atoms with E-state index in [-0.39, 0.29) is 18.5 Å². The topological polar surface area (TPSA) is 95.9 Å². The average molecular weight is 1050 g/mol. The van der Waals surface area contributed by atoms with Crippen LogP contribution in [0.4, 0.5) is 0 Å². The van der Waals surface area contributed by atoms with Gasteiger partial charge in [-0.25, -0.2) is 0 Å². The van der Waals surface area contributed by atoms with E-state index in [1.165, 1.54) is 263 Å². The van der Waals surface area contributed by atoms with Gasteiger partial charge in [-0.05, 0) is 89.9 Å². The normalized spacial score (nSPS) is 12.9. The van der Waals surface area contributed by atoms with Gasteiger partial charge >= 0.3 is 5.97 Å². The largest absolute Gasteiger partial charge is 0.466 e. The summed E-state index contributed by atoms with van der Waals surface area (Å²) in [4.78, 5) is 24.5. The number of amides is 1. The SMILES string of the molecule is CCCCCC/C=C\C/C=C\CCCCCCCCCC(=O)OCCCCCCCCCCC/C=C\C/C=C\CCCCCCCCCCCCCCCC(=O)NC(CO)C(O)CCCCCCCCCCCCC. The van der Waals surface area contributed by atoms with Gasteiger partial charge in [0.25, 0.3) is 0 Å². The van der Waals surface area contributed by atoms with E-state index in [1.807, 2.05) is 0 Å². The molecule has 440 valence electrons. The third-order valence-electron chi connectivity index (χ3n) is 15.4. The molecule has 2 unspecified atom stereocenters. The molecule has 0 aliphatic rings. The van der Waals surface area contributed by atoms with Crippen molar-refractivity contribution < 1.29 is 24.5 Å². The molecule has 1 amide bonds.